The molecule has 1 rings (SSSR count). The number of nitrogens with zero attached hydrogens (tertiary/aromatic N) is 4. The maximum Gasteiger partial charge on any atom is 0.306 e. The lowest BCUT2D eigenvalue weighted by Crippen LogP contribution is -2.48. The predicted octanol–water partition coefficient (Wildman–Crippen LogP) is 24.9. The van der Waals surface area contributed by atoms with Crippen LogP contribution in [0.25, 0.3) is 0 Å². The summed E-state index contributed by atoms with van der Waals surface area (Å²) < 4.78 is 23.6. The molecular formula is C99H190N6O11. The van der Waals surface area contributed by atoms with Crippen LogP contribution in [0.5, 0.6) is 0 Å². The second-order valence-electron chi connectivity index (χ2n) is 35.1. The molecule has 1 saturated heterocycles. The van der Waals surface area contributed by atoms with Crippen LogP contribution < -0.4 is 10.6 Å². The first-order valence-corrected chi connectivity index (χ1v) is 50.6. The zero-order chi connectivity index (χ0) is 84.1. The van der Waals surface area contributed by atoms with Gasteiger partial charge in [-0.25, -0.2) is 0 Å². The zero-order valence-corrected chi connectivity index (χ0v) is 77.3. The van der Waals surface area contributed by atoms with Crippen LogP contribution in [0.15, 0.2) is 0 Å². The van der Waals surface area contributed by atoms with Crippen LogP contribution in [0.3, 0.4) is 0 Å². The SMILES string of the molecule is CCCCCCCCCCCOC(=O)CCCCCN(CCCCCCCC(=O)OC(CCCCCCCC)CCCCCCCC)CCNC(=O)CN(CC(=O)NCCN(CCCCCCCC(=O)OC(CCCCCCCC)CCCCCCCC)CCCCCC(=O)OCCCCCCCCCCC)C(=O)CCN1CCCC1. The smallest absolute Gasteiger partial charge is 0.306 e. The van der Waals surface area contributed by atoms with E-state index in [1.807, 2.05) is 0 Å². The molecule has 1 heterocycles. The standard InChI is InChI=1S/C99H190N6O11/c1-7-13-19-25-31-33-35-47-65-87-113-96(109)71-57-49-61-80-103(78-59-45-37-43-55-73-98(111)115-91(67-51-39-27-21-15-9-3)68-52-40-28-22-16-10-4)85-76-100-93(106)89-105(95(108)75-84-102-82-63-64-83-102)90-94(107)101-77-86-104(81-62-50-58-72-97(110)114-88-66-48-36-34-32-26-20-14-8-2)79-60-46-38-44-56-74-99(112)116-92(69-53-41-29-23-17-11-5)70-54-42-30-24-18-12-6/h91-92H,7-90H2,1-6H3,(H,100,106)(H,101,107). The molecule has 116 heavy (non-hydrogen) atoms. The molecule has 17 nitrogen and oxygen atoms in total. The molecule has 0 spiro atoms. The van der Waals surface area contributed by atoms with Gasteiger partial charge in [0.1, 0.15) is 25.3 Å². The summed E-state index contributed by atoms with van der Waals surface area (Å²) in [4.78, 5) is 102. The van der Waals surface area contributed by atoms with Crippen molar-refractivity contribution in [2.24, 2.45) is 0 Å². The van der Waals surface area contributed by atoms with Crippen LogP contribution in [-0.4, -0.2) is 172 Å². The van der Waals surface area contributed by atoms with Gasteiger partial charge in [0.15, 0.2) is 0 Å². The molecule has 0 aromatic heterocycles. The lowest BCUT2D eigenvalue weighted by molar-refractivity contribution is -0.151. The molecule has 0 aromatic rings. The van der Waals surface area contributed by atoms with Gasteiger partial charge in [-0.05, 0) is 168 Å². The number of unbranched alkanes of at least 4 members (excludes halogenated alkanes) is 48. The average molecular weight is 1640 g/mol. The summed E-state index contributed by atoms with van der Waals surface area (Å²) in [5, 5.41) is 6.26. The number of amides is 3. The largest absolute Gasteiger partial charge is 0.466 e. The van der Waals surface area contributed by atoms with Crippen molar-refractivity contribution in [3.8, 4) is 0 Å². The molecule has 0 aliphatic carbocycles. The number of ether oxygens (including phenoxy) is 4. The minimum atomic E-state index is -0.285. The Labute approximate surface area is 715 Å². The van der Waals surface area contributed by atoms with E-state index >= 15 is 0 Å². The molecule has 3 amide bonds. The van der Waals surface area contributed by atoms with Gasteiger partial charge in [-0.3, -0.25) is 33.6 Å². The summed E-state index contributed by atoms with van der Waals surface area (Å²) in [7, 11) is 0. The van der Waals surface area contributed by atoms with Gasteiger partial charge in [-0.15, -0.1) is 0 Å². The molecule has 0 aromatic carbocycles. The van der Waals surface area contributed by atoms with Crippen molar-refractivity contribution < 1.29 is 52.5 Å². The number of likely N-dealkylation sites (tertiary alicyclic amines) is 1. The van der Waals surface area contributed by atoms with Crippen molar-refractivity contribution in [3.63, 3.8) is 0 Å². The molecule has 2 N–H and O–H groups in total. The highest BCUT2D eigenvalue weighted by Gasteiger charge is 2.24. The molecule has 0 unspecified atom stereocenters. The third-order valence-corrected chi connectivity index (χ3v) is 23.9. The summed E-state index contributed by atoms with van der Waals surface area (Å²) in [5.41, 5.74) is 0. The number of carbonyl (C=O) groups excluding carboxylic acids is 7. The summed E-state index contributed by atoms with van der Waals surface area (Å²) in [6.45, 7) is 22.1. The number of hydrogen-bond donors (Lipinski definition) is 2. The fourth-order valence-electron chi connectivity index (χ4n) is 16.3. The molecule has 682 valence electrons. The number of carbonyl (C=O) groups is 7. The monoisotopic (exact) mass is 1640 g/mol. The first-order valence-electron chi connectivity index (χ1n) is 50.6. The third kappa shape index (κ3) is 75.2. The minimum absolute atomic E-state index is 0.0377. The molecular weight excluding hydrogens is 1450 g/mol. The van der Waals surface area contributed by atoms with Gasteiger partial charge < -0.3 is 49.2 Å². The Balaban J connectivity index is 3.03. The molecule has 1 aliphatic rings. The first kappa shape index (κ1) is 110. The Morgan fingerprint density at radius 2 is 0.534 bits per heavy atom. The number of nitrogens with one attached hydrogen (secondary N) is 2. The fourth-order valence-corrected chi connectivity index (χ4v) is 16.3. The van der Waals surface area contributed by atoms with E-state index < -0.39 is 0 Å². The highest BCUT2D eigenvalue weighted by Crippen LogP contribution is 2.23. The van der Waals surface area contributed by atoms with Gasteiger partial charge in [-0.2, -0.15) is 0 Å². The van der Waals surface area contributed by atoms with E-state index in [9.17, 15) is 33.6 Å². The summed E-state index contributed by atoms with van der Waals surface area (Å²) in [6, 6.07) is 0. The summed E-state index contributed by atoms with van der Waals surface area (Å²) in [6.07, 6.45) is 75.0. The van der Waals surface area contributed by atoms with Crippen LogP contribution in [0.2, 0.25) is 0 Å². The minimum Gasteiger partial charge on any atom is -0.466 e. The van der Waals surface area contributed by atoms with Crippen molar-refractivity contribution >= 4 is 41.6 Å². The van der Waals surface area contributed by atoms with E-state index in [-0.39, 0.29) is 73.3 Å². The molecule has 1 aliphatic heterocycles. The van der Waals surface area contributed by atoms with Crippen molar-refractivity contribution in [3.05, 3.63) is 0 Å². The van der Waals surface area contributed by atoms with Gasteiger partial charge in [0, 0.05) is 64.8 Å². The number of esters is 4. The van der Waals surface area contributed by atoms with Crippen molar-refractivity contribution in [2.75, 3.05) is 98.3 Å². The Kier molecular flexibility index (Phi) is 81.8. The van der Waals surface area contributed by atoms with Crippen molar-refractivity contribution in [1.29, 1.82) is 0 Å². The first-order chi connectivity index (χ1) is 56.9. The van der Waals surface area contributed by atoms with Crippen LogP contribution >= 0.6 is 0 Å². The van der Waals surface area contributed by atoms with E-state index in [0.717, 1.165) is 232 Å². The van der Waals surface area contributed by atoms with Gasteiger partial charge in [0.25, 0.3) is 0 Å². The van der Waals surface area contributed by atoms with E-state index in [0.29, 0.717) is 71.6 Å². The zero-order valence-electron chi connectivity index (χ0n) is 77.3. The van der Waals surface area contributed by atoms with E-state index in [2.05, 4.69) is 66.9 Å². The highest BCUT2D eigenvalue weighted by atomic mass is 16.6. The molecule has 0 atom stereocenters. The molecule has 0 radical (unpaired) electrons. The molecule has 0 saturated carbocycles. The Bertz CT molecular complexity index is 2050. The third-order valence-electron chi connectivity index (χ3n) is 23.9. The average Bonchev–Trinajstić information content (AvgIpc) is 1.30. The number of hydrogen-bond acceptors (Lipinski definition) is 14. The highest BCUT2D eigenvalue weighted by molar-refractivity contribution is 5.89. The van der Waals surface area contributed by atoms with E-state index in [4.69, 9.17) is 18.9 Å². The topological polar surface area (TPSA) is 193 Å². The molecule has 1 fully saturated rings. The molecule has 17 heteroatoms. The fraction of sp³-hybridized carbons (Fsp3) is 0.929. The van der Waals surface area contributed by atoms with Crippen LogP contribution in [0.1, 0.15) is 485 Å². The van der Waals surface area contributed by atoms with Crippen LogP contribution in [-0.2, 0) is 52.5 Å². The van der Waals surface area contributed by atoms with Gasteiger partial charge in [-0.1, -0.05) is 324 Å². The lowest BCUT2D eigenvalue weighted by atomic mass is 10.0. The van der Waals surface area contributed by atoms with Gasteiger partial charge >= 0.3 is 23.9 Å². The van der Waals surface area contributed by atoms with Gasteiger partial charge in [0.05, 0.1) is 13.2 Å². The number of rotatable bonds is 91. The summed E-state index contributed by atoms with van der Waals surface area (Å²) >= 11 is 0. The summed E-state index contributed by atoms with van der Waals surface area (Å²) in [5.74, 6) is -1.07. The Morgan fingerprint density at radius 1 is 0.284 bits per heavy atom. The van der Waals surface area contributed by atoms with Crippen molar-refractivity contribution in [2.45, 2.75) is 497 Å². The van der Waals surface area contributed by atoms with Gasteiger partial charge in [0.2, 0.25) is 17.7 Å². The maximum atomic E-state index is 14.1. The van der Waals surface area contributed by atoms with E-state index in [1.165, 1.54) is 223 Å². The van der Waals surface area contributed by atoms with Crippen LogP contribution in [0.4, 0.5) is 0 Å². The Hall–Kier alpha value is -3.83. The lowest BCUT2D eigenvalue weighted by Gasteiger charge is -2.25. The second kappa shape index (κ2) is 86.1. The van der Waals surface area contributed by atoms with E-state index in [1.54, 1.807) is 0 Å². The normalized spacial score (nSPS) is 12.4. The Morgan fingerprint density at radius 3 is 0.836 bits per heavy atom. The quantitative estimate of drug-likeness (QED) is 0.0332. The molecule has 0 bridgehead atoms. The van der Waals surface area contributed by atoms with Crippen molar-refractivity contribution in [1.82, 2.24) is 30.2 Å². The second-order valence-corrected chi connectivity index (χ2v) is 35.1. The predicted molar refractivity (Wildman–Crippen MR) is 486 cm³/mol. The van der Waals surface area contributed by atoms with Crippen LogP contribution in [0, 0.1) is 0 Å². The maximum absolute atomic E-state index is 14.1.